The molecule has 0 fully saturated rings. The average Bonchev–Trinajstić information content (AvgIpc) is 1.78. The number of rotatable bonds is 5. The number of hydrogen-bond donors (Lipinski definition) is 0. The second-order valence-corrected chi connectivity index (χ2v) is 9.16. The number of halogens is 2. The summed E-state index contributed by atoms with van der Waals surface area (Å²) in [5, 5.41) is 0. The fourth-order valence-corrected chi connectivity index (χ4v) is 1.50. The van der Waals surface area contributed by atoms with E-state index in [4.69, 9.17) is 27.0 Å². The topological polar surface area (TPSA) is 9.23 Å². The van der Waals surface area contributed by atoms with Gasteiger partial charge in [-0.25, -0.2) is 0 Å². The molecule has 0 aliphatic heterocycles. The molecule has 0 atom stereocenters. The summed E-state index contributed by atoms with van der Waals surface area (Å²) in [4.78, 5) is -2.43. The second-order valence-electron chi connectivity index (χ2n) is 1.95. The molecule has 10 heavy (non-hydrogen) atoms. The quantitative estimate of drug-likeness (QED) is 0.514. The van der Waals surface area contributed by atoms with Crippen molar-refractivity contribution in [1.82, 2.24) is 0 Å². The Morgan fingerprint density at radius 2 is 2.00 bits per heavy atom. The van der Waals surface area contributed by atoms with Crippen LogP contribution in [0.2, 0.25) is 0 Å². The molecule has 0 rings (SSSR count). The molecule has 0 saturated heterocycles. The van der Waals surface area contributed by atoms with Gasteiger partial charge in [-0.1, -0.05) is 19.8 Å². The molecule has 0 aromatic carbocycles. The van der Waals surface area contributed by atoms with E-state index in [0.29, 0.717) is 6.61 Å². The highest BCUT2D eigenvalue weighted by Gasteiger charge is 2.06. The lowest BCUT2D eigenvalue weighted by molar-refractivity contribution is 0.349. The molecular formula is C5H11Cl2OPS. The molecule has 0 radical (unpaired) electrons. The minimum atomic E-state index is -2.43. The van der Waals surface area contributed by atoms with E-state index in [1.54, 1.807) is 0 Å². The van der Waals surface area contributed by atoms with E-state index in [1.807, 2.05) is 0 Å². The van der Waals surface area contributed by atoms with Gasteiger partial charge in [-0.3, -0.25) is 0 Å². The summed E-state index contributed by atoms with van der Waals surface area (Å²) >= 11 is 15.6. The zero-order chi connectivity index (χ0) is 8.04. The third kappa shape index (κ3) is 9.19. The molecule has 0 saturated carbocycles. The summed E-state index contributed by atoms with van der Waals surface area (Å²) in [6.45, 7) is 2.72. The first kappa shape index (κ1) is 11.2. The lowest BCUT2D eigenvalue weighted by Gasteiger charge is -2.05. The highest BCUT2D eigenvalue weighted by molar-refractivity contribution is 8.36. The van der Waals surface area contributed by atoms with Crippen LogP contribution >= 0.6 is 27.5 Å². The van der Waals surface area contributed by atoms with E-state index in [2.05, 4.69) is 18.7 Å². The van der Waals surface area contributed by atoms with Gasteiger partial charge >= 0.3 is 0 Å². The zero-order valence-corrected chi connectivity index (χ0v) is 9.07. The SMILES string of the molecule is CCCCCOP(=S)(Cl)Cl. The highest BCUT2D eigenvalue weighted by Crippen LogP contribution is 2.57. The molecule has 0 aromatic rings. The Bertz CT molecular complexity index is 125. The van der Waals surface area contributed by atoms with Crippen LogP contribution in [0.4, 0.5) is 0 Å². The van der Waals surface area contributed by atoms with E-state index < -0.39 is 4.97 Å². The maximum absolute atomic E-state index is 5.48. The Hall–Kier alpha value is 1.19. The summed E-state index contributed by atoms with van der Waals surface area (Å²) in [6.07, 6.45) is 3.30. The first-order valence-electron chi connectivity index (χ1n) is 3.20. The van der Waals surface area contributed by atoms with Crippen LogP contribution in [0.1, 0.15) is 26.2 Å². The molecule has 0 unspecified atom stereocenters. The maximum Gasteiger partial charge on any atom is 0.240 e. The van der Waals surface area contributed by atoms with Gasteiger partial charge in [-0.2, -0.15) is 0 Å². The summed E-state index contributed by atoms with van der Waals surface area (Å²) in [5.41, 5.74) is 0. The molecule has 0 aliphatic carbocycles. The Labute approximate surface area is 76.7 Å². The molecule has 0 N–H and O–H groups in total. The maximum atomic E-state index is 5.48. The van der Waals surface area contributed by atoms with Crippen molar-refractivity contribution < 1.29 is 4.52 Å². The van der Waals surface area contributed by atoms with E-state index >= 15 is 0 Å². The number of unbranched alkanes of at least 4 members (excludes halogenated alkanes) is 2. The van der Waals surface area contributed by atoms with Gasteiger partial charge in [-0.15, -0.1) is 0 Å². The Morgan fingerprint density at radius 1 is 1.40 bits per heavy atom. The van der Waals surface area contributed by atoms with Gasteiger partial charge < -0.3 is 4.52 Å². The Morgan fingerprint density at radius 3 is 2.40 bits per heavy atom. The van der Waals surface area contributed by atoms with Crippen molar-refractivity contribution in [2.75, 3.05) is 6.61 Å². The van der Waals surface area contributed by atoms with Gasteiger partial charge in [0.05, 0.1) is 6.61 Å². The smallest absolute Gasteiger partial charge is 0.240 e. The van der Waals surface area contributed by atoms with Gasteiger partial charge in [0.25, 0.3) is 0 Å². The molecule has 0 amide bonds. The standard InChI is InChI=1S/C5H11Cl2OPS/c1-2-3-4-5-8-9(6,7)10/h2-5H2,1H3. The van der Waals surface area contributed by atoms with Crippen molar-refractivity contribution in [2.24, 2.45) is 0 Å². The summed E-state index contributed by atoms with van der Waals surface area (Å²) < 4.78 is 4.99. The van der Waals surface area contributed by atoms with Crippen LogP contribution in [0.5, 0.6) is 0 Å². The van der Waals surface area contributed by atoms with Crippen molar-refractivity contribution in [3.63, 3.8) is 0 Å². The van der Waals surface area contributed by atoms with Crippen LogP contribution in [-0.4, -0.2) is 6.61 Å². The predicted octanol–water partition coefficient (Wildman–Crippen LogP) is 3.90. The normalized spacial score (nSPS) is 11.9. The molecule has 1 nitrogen and oxygen atoms in total. The first-order valence-corrected chi connectivity index (χ1v) is 7.73. The molecule has 0 aromatic heterocycles. The summed E-state index contributed by atoms with van der Waals surface area (Å²) in [6, 6.07) is 0. The molecule has 0 spiro atoms. The van der Waals surface area contributed by atoms with Crippen LogP contribution in [0.15, 0.2) is 0 Å². The fourth-order valence-electron chi connectivity index (χ4n) is 0.523. The van der Waals surface area contributed by atoms with Crippen molar-refractivity contribution in [1.29, 1.82) is 0 Å². The van der Waals surface area contributed by atoms with Crippen molar-refractivity contribution in [3.05, 3.63) is 0 Å². The Kier molecular flexibility index (Phi) is 6.48. The van der Waals surface area contributed by atoms with Crippen LogP contribution in [-0.2, 0) is 16.3 Å². The van der Waals surface area contributed by atoms with Gasteiger partial charge in [0.2, 0.25) is 4.97 Å². The molecule has 0 bridgehead atoms. The van der Waals surface area contributed by atoms with Crippen molar-refractivity contribution in [3.8, 4) is 0 Å². The van der Waals surface area contributed by atoms with Crippen LogP contribution in [0, 0.1) is 0 Å². The fraction of sp³-hybridized carbons (Fsp3) is 1.00. The molecule has 0 aliphatic rings. The second kappa shape index (κ2) is 5.79. The van der Waals surface area contributed by atoms with Crippen molar-refractivity contribution >= 4 is 39.3 Å². The summed E-state index contributed by atoms with van der Waals surface area (Å²) in [5.74, 6) is 0. The monoisotopic (exact) mass is 220 g/mol. The van der Waals surface area contributed by atoms with Gasteiger partial charge in [0, 0.05) is 0 Å². The molecule has 62 valence electrons. The number of hydrogen-bond acceptors (Lipinski definition) is 2. The predicted molar refractivity (Wildman–Crippen MR) is 51.5 cm³/mol. The molecule has 0 heterocycles. The van der Waals surface area contributed by atoms with Crippen LogP contribution < -0.4 is 0 Å². The van der Waals surface area contributed by atoms with Crippen LogP contribution in [0.3, 0.4) is 0 Å². The van der Waals surface area contributed by atoms with Gasteiger partial charge in [0.1, 0.15) is 0 Å². The third-order valence-electron chi connectivity index (χ3n) is 0.989. The Balaban J connectivity index is 3.13. The lowest BCUT2D eigenvalue weighted by Crippen LogP contribution is -1.85. The van der Waals surface area contributed by atoms with E-state index in [1.165, 1.54) is 0 Å². The van der Waals surface area contributed by atoms with E-state index in [0.717, 1.165) is 19.3 Å². The lowest BCUT2D eigenvalue weighted by atomic mass is 10.3. The largest absolute Gasteiger partial charge is 0.327 e. The molecular weight excluding hydrogens is 210 g/mol. The first-order chi connectivity index (χ1) is 4.56. The highest BCUT2D eigenvalue weighted by atomic mass is 35.9. The minimum Gasteiger partial charge on any atom is -0.327 e. The van der Waals surface area contributed by atoms with Gasteiger partial charge in [0.15, 0.2) is 0 Å². The van der Waals surface area contributed by atoms with Crippen molar-refractivity contribution in [2.45, 2.75) is 26.2 Å². The average molecular weight is 221 g/mol. The van der Waals surface area contributed by atoms with Crippen LogP contribution in [0.25, 0.3) is 0 Å². The minimum absolute atomic E-state index is 0.595. The summed E-state index contributed by atoms with van der Waals surface area (Å²) in [7, 11) is 0. The zero-order valence-electron chi connectivity index (χ0n) is 5.85. The molecule has 5 heteroatoms. The third-order valence-corrected chi connectivity index (χ3v) is 2.37. The van der Waals surface area contributed by atoms with E-state index in [9.17, 15) is 0 Å². The van der Waals surface area contributed by atoms with Gasteiger partial charge in [-0.05, 0) is 40.7 Å². The van der Waals surface area contributed by atoms with E-state index in [-0.39, 0.29) is 0 Å².